The first-order valence-electron chi connectivity index (χ1n) is 2.94. The van der Waals surface area contributed by atoms with E-state index in [4.69, 9.17) is 0 Å². The molecule has 0 aliphatic heterocycles. The molecule has 5 heteroatoms. The molecule has 1 nitrogen and oxygen atoms in total. The maximum absolute atomic E-state index is 11.5. The molecule has 0 aliphatic carbocycles. The zero-order chi connectivity index (χ0) is 8.20. The van der Waals surface area contributed by atoms with Gasteiger partial charge in [0.05, 0.1) is 0 Å². The summed E-state index contributed by atoms with van der Waals surface area (Å²) in [4.78, 5) is 1.66. The highest BCUT2D eigenvalue weighted by Crippen LogP contribution is 2.08. The Kier molecular flexibility index (Phi) is 3.49. The molecule has 0 aliphatic rings. The van der Waals surface area contributed by atoms with Gasteiger partial charge in [0.15, 0.2) is 0 Å². The zero-order valence-electron chi connectivity index (χ0n) is 6.02. The van der Waals surface area contributed by atoms with E-state index in [2.05, 4.69) is 0 Å². The van der Waals surface area contributed by atoms with Crippen LogP contribution in [0, 0.1) is 0 Å². The van der Waals surface area contributed by atoms with Crippen LogP contribution in [0.5, 0.6) is 0 Å². The van der Waals surface area contributed by atoms with Crippen molar-refractivity contribution in [2.24, 2.45) is 0 Å². The first-order chi connectivity index (χ1) is 4.42. The van der Waals surface area contributed by atoms with Crippen LogP contribution in [0.4, 0.5) is 12.9 Å². The lowest BCUT2D eigenvalue weighted by atomic mass is 9.92. The molecule has 0 saturated carbocycles. The van der Waals surface area contributed by atoms with E-state index in [1.165, 1.54) is 0 Å². The Hall–Kier alpha value is -0.445. The van der Waals surface area contributed by atoms with E-state index in [9.17, 15) is 12.9 Å². The molecule has 0 fully saturated rings. The minimum atomic E-state index is -4.74. The van der Waals surface area contributed by atoms with Crippen molar-refractivity contribution in [3.05, 3.63) is 12.1 Å². The van der Waals surface area contributed by atoms with Crippen molar-refractivity contribution in [1.29, 1.82) is 0 Å². The van der Waals surface area contributed by atoms with Crippen molar-refractivity contribution in [1.82, 2.24) is 4.90 Å². The van der Waals surface area contributed by atoms with Gasteiger partial charge in [-0.25, -0.2) is 0 Å². The molecule has 0 atom stereocenters. The van der Waals surface area contributed by atoms with Gasteiger partial charge in [-0.15, -0.1) is 12.1 Å². The number of rotatable bonds is 3. The van der Waals surface area contributed by atoms with E-state index in [-0.39, 0.29) is 0 Å². The summed E-state index contributed by atoms with van der Waals surface area (Å²) in [6.07, 6.45) is 1.11. The quantitative estimate of drug-likeness (QED) is 0.553. The summed E-state index contributed by atoms with van der Waals surface area (Å²) >= 11 is 0. The summed E-state index contributed by atoms with van der Waals surface area (Å²) in [5.41, 5.74) is 0. The van der Waals surface area contributed by atoms with E-state index in [0.717, 1.165) is 6.08 Å². The lowest BCUT2D eigenvalue weighted by Crippen LogP contribution is -2.14. The van der Waals surface area contributed by atoms with Gasteiger partial charge in [0.2, 0.25) is 0 Å². The molecule has 0 heterocycles. The molecule has 0 radical (unpaired) electrons. The fraction of sp³-hybridized carbons (Fsp3) is 0.600. The Morgan fingerprint density at radius 2 is 1.80 bits per heavy atom. The Bertz CT molecular complexity index is 119. The second kappa shape index (κ2) is 3.66. The van der Waals surface area contributed by atoms with Crippen LogP contribution in [0.3, 0.4) is 0 Å². The third kappa shape index (κ3) is 7.55. The number of likely N-dealkylation sites (N-methyl/N-ethyl adjacent to an activating group) is 1. The van der Waals surface area contributed by atoms with E-state index in [1.807, 2.05) is 0 Å². The molecule has 60 valence electrons. The SMILES string of the molecule is CN(C)C/C=C/[B-](F)(F)F. The van der Waals surface area contributed by atoms with Crippen molar-refractivity contribution in [3.8, 4) is 0 Å². The van der Waals surface area contributed by atoms with Gasteiger partial charge in [-0.1, -0.05) is 0 Å². The van der Waals surface area contributed by atoms with Gasteiger partial charge in [0.1, 0.15) is 0 Å². The van der Waals surface area contributed by atoms with Crippen LogP contribution in [0.25, 0.3) is 0 Å². The Labute approximate surface area is 58.6 Å². The molecule has 0 aromatic carbocycles. The third-order valence-corrected chi connectivity index (χ3v) is 0.825. The second-order valence-corrected chi connectivity index (χ2v) is 2.32. The number of halogens is 3. The summed E-state index contributed by atoms with van der Waals surface area (Å²) in [5.74, 6) is 0.306. The number of hydrogen-bond acceptors (Lipinski definition) is 1. The van der Waals surface area contributed by atoms with Crippen molar-refractivity contribution in [3.63, 3.8) is 0 Å². The minimum absolute atomic E-state index is 0.306. The summed E-state index contributed by atoms with van der Waals surface area (Å²) in [7, 11) is 3.43. The van der Waals surface area contributed by atoms with Crippen molar-refractivity contribution in [2.45, 2.75) is 0 Å². The molecule has 0 aromatic heterocycles. The van der Waals surface area contributed by atoms with E-state index >= 15 is 0 Å². The molecule has 0 amide bonds. The van der Waals surface area contributed by atoms with E-state index < -0.39 is 6.98 Å². The normalized spacial score (nSPS) is 13.4. The standard InChI is InChI=1S/C5H10BF3N/c1-10(2)5-3-4-6(7,8)9/h3-4H,5H2,1-2H3/q-1/b4-3+. The fourth-order valence-electron chi connectivity index (χ4n) is 0.426. The molecule has 0 spiro atoms. The molecule has 0 unspecified atom stereocenters. The molecule has 0 aromatic rings. The third-order valence-electron chi connectivity index (χ3n) is 0.825. The average molecular weight is 152 g/mol. The molecular weight excluding hydrogens is 142 g/mol. The molecule has 0 rings (SSSR count). The van der Waals surface area contributed by atoms with Crippen LogP contribution in [0.1, 0.15) is 0 Å². The fourth-order valence-corrected chi connectivity index (χ4v) is 0.426. The molecule has 0 N–H and O–H groups in total. The Morgan fingerprint density at radius 3 is 2.10 bits per heavy atom. The second-order valence-electron chi connectivity index (χ2n) is 2.32. The van der Waals surface area contributed by atoms with Gasteiger partial charge < -0.3 is 17.8 Å². The first kappa shape index (κ1) is 9.55. The largest absolute Gasteiger partial charge is 0.502 e. The highest BCUT2D eigenvalue weighted by Gasteiger charge is 2.16. The Balaban J connectivity index is 3.57. The van der Waals surface area contributed by atoms with Crippen molar-refractivity contribution in [2.75, 3.05) is 20.6 Å². The summed E-state index contributed by atoms with van der Waals surface area (Å²) in [6, 6.07) is 0. The topological polar surface area (TPSA) is 3.24 Å². The van der Waals surface area contributed by atoms with Gasteiger partial charge in [0.25, 0.3) is 0 Å². The van der Waals surface area contributed by atoms with Crippen molar-refractivity contribution < 1.29 is 12.9 Å². The minimum Gasteiger partial charge on any atom is -0.445 e. The Morgan fingerprint density at radius 1 is 1.30 bits per heavy atom. The van der Waals surface area contributed by atoms with Gasteiger partial charge in [0, 0.05) is 6.54 Å². The highest BCUT2D eigenvalue weighted by atomic mass is 19.4. The van der Waals surface area contributed by atoms with Crippen LogP contribution in [-0.4, -0.2) is 32.5 Å². The lowest BCUT2D eigenvalue weighted by molar-refractivity contribution is 0.454. The maximum Gasteiger partial charge on any atom is 0.502 e. The van der Waals surface area contributed by atoms with Crippen LogP contribution in [0.15, 0.2) is 12.1 Å². The van der Waals surface area contributed by atoms with Gasteiger partial charge >= 0.3 is 6.98 Å². The van der Waals surface area contributed by atoms with Crippen LogP contribution in [-0.2, 0) is 0 Å². The van der Waals surface area contributed by atoms with E-state index in [0.29, 0.717) is 12.5 Å². The predicted molar refractivity (Wildman–Crippen MR) is 36.8 cm³/mol. The monoisotopic (exact) mass is 152 g/mol. The summed E-state index contributed by atoms with van der Waals surface area (Å²) < 4.78 is 34.4. The van der Waals surface area contributed by atoms with Gasteiger partial charge in [-0.05, 0) is 14.1 Å². The van der Waals surface area contributed by atoms with Crippen LogP contribution < -0.4 is 0 Å². The van der Waals surface area contributed by atoms with Gasteiger partial charge in [-0.3, -0.25) is 0 Å². The van der Waals surface area contributed by atoms with Crippen LogP contribution in [0.2, 0.25) is 0 Å². The highest BCUT2D eigenvalue weighted by molar-refractivity contribution is 6.64. The first-order valence-corrected chi connectivity index (χ1v) is 2.94. The zero-order valence-corrected chi connectivity index (χ0v) is 6.02. The molecule has 0 saturated heterocycles. The maximum atomic E-state index is 11.5. The molecule has 10 heavy (non-hydrogen) atoms. The average Bonchev–Trinajstić information content (AvgIpc) is 1.59. The molecule has 0 bridgehead atoms. The predicted octanol–water partition coefficient (Wildman–Crippen LogP) is 1.49. The van der Waals surface area contributed by atoms with E-state index in [1.54, 1.807) is 19.0 Å². The number of nitrogens with zero attached hydrogens (tertiary/aromatic N) is 1. The van der Waals surface area contributed by atoms with Crippen molar-refractivity contribution >= 4 is 6.98 Å². The molecular formula is C5H10BF3N-. The number of hydrogen-bond donors (Lipinski definition) is 0. The van der Waals surface area contributed by atoms with Gasteiger partial charge in [-0.2, -0.15) is 0 Å². The summed E-state index contributed by atoms with van der Waals surface area (Å²) in [5, 5.41) is 0. The lowest BCUT2D eigenvalue weighted by Gasteiger charge is -2.08. The smallest absolute Gasteiger partial charge is 0.445 e. The summed E-state index contributed by atoms with van der Waals surface area (Å²) in [6.45, 7) is -4.40. The van der Waals surface area contributed by atoms with Crippen LogP contribution >= 0.6 is 0 Å².